The molecule has 0 unspecified atom stereocenters. The van der Waals surface area contributed by atoms with Crippen LogP contribution in [0.4, 0.5) is 10.5 Å². The lowest BCUT2D eigenvalue weighted by molar-refractivity contribution is -0.116. The summed E-state index contributed by atoms with van der Waals surface area (Å²) in [7, 11) is 0. The fourth-order valence-electron chi connectivity index (χ4n) is 2.02. The molecule has 0 aromatic heterocycles. The third kappa shape index (κ3) is 8.17. The molecule has 0 heterocycles. The van der Waals surface area contributed by atoms with Gasteiger partial charge in [-0.15, -0.1) is 11.6 Å². The number of carbonyl (C=O) groups excluding carboxylic acids is 2. The van der Waals surface area contributed by atoms with E-state index in [0.29, 0.717) is 41.7 Å². The van der Waals surface area contributed by atoms with Crippen molar-refractivity contribution in [2.45, 2.75) is 39.2 Å². The fourth-order valence-corrected chi connectivity index (χ4v) is 2.46. The van der Waals surface area contributed by atoms with Crippen molar-refractivity contribution in [3.63, 3.8) is 0 Å². The van der Waals surface area contributed by atoms with Crippen LogP contribution in [0, 0.1) is 0 Å². The zero-order valence-electron chi connectivity index (χ0n) is 14.6. The first-order chi connectivity index (χ1) is 11.6. The number of nitrogens with one attached hydrogen (secondary N) is 1. The Morgan fingerprint density at radius 3 is 2.40 bits per heavy atom. The average Bonchev–Trinajstić information content (AvgIpc) is 2.51. The molecule has 1 aromatic carbocycles. The number of alkyl carbamates (subject to hydrolysis) is 1. The van der Waals surface area contributed by atoms with Crippen LogP contribution < -0.4 is 10.2 Å². The Morgan fingerprint density at radius 1 is 1.16 bits per heavy atom. The van der Waals surface area contributed by atoms with Crippen LogP contribution >= 0.6 is 34.8 Å². The largest absolute Gasteiger partial charge is 0.444 e. The highest BCUT2D eigenvalue weighted by atomic mass is 35.5. The first-order valence-corrected chi connectivity index (χ1v) is 9.21. The predicted molar refractivity (Wildman–Crippen MR) is 103 cm³/mol. The summed E-state index contributed by atoms with van der Waals surface area (Å²) in [5.41, 5.74) is 0.113. The van der Waals surface area contributed by atoms with Crippen LogP contribution in [0.5, 0.6) is 0 Å². The highest BCUT2D eigenvalue weighted by Crippen LogP contribution is 2.27. The molecule has 140 valence electrons. The maximum Gasteiger partial charge on any atom is 0.407 e. The van der Waals surface area contributed by atoms with E-state index in [2.05, 4.69) is 5.32 Å². The lowest BCUT2D eigenvalue weighted by Crippen LogP contribution is -2.34. The zero-order valence-corrected chi connectivity index (χ0v) is 16.8. The summed E-state index contributed by atoms with van der Waals surface area (Å²) < 4.78 is 5.16. The second kappa shape index (κ2) is 10.1. The molecule has 1 aromatic rings. The first kappa shape index (κ1) is 21.9. The van der Waals surface area contributed by atoms with Crippen molar-refractivity contribution in [2.24, 2.45) is 0 Å². The van der Waals surface area contributed by atoms with Crippen LogP contribution in [0.15, 0.2) is 18.2 Å². The topological polar surface area (TPSA) is 58.6 Å². The van der Waals surface area contributed by atoms with Gasteiger partial charge in [0.05, 0.1) is 10.0 Å². The van der Waals surface area contributed by atoms with E-state index in [0.717, 1.165) is 0 Å². The summed E-state index contributed by atoms with van der Waals surface area (Å²) in [5, 5.41) is 3.48. The van der Waals surface area contributed by atoms with Gasteiger partial charge in [0, 0.05) is 18.8 Å². The molecule has 0 saturated carbocycles. The molecule has 1 N–H and O–H groups in total. The van der Waals surface area contributed by atoms with Gasteiger partial charge in [0.15, 0.2) is 0 Å². The van der Waals surface area contributed by atoms with E-state index in [-0.39, 0.29) is 11.8 Å². The molecule has 1 rings (SSSR count). The smallest absolute Gasteiger partial charge is 0.407 e. The van der Waals surface area contributed by atoms with Gasteiger partial charge in [0.25, 0.3) is 0 Å². The number of benzene rings is 1. The van der Waals surface area contributed by atoms with Crippen LogP contribution in [0.1, 0.15) is 33.6 Å². The van der Waals surface area contributed by atoms with Crippen molar-refractivity contribution >= 4 is 52.5 Å². The van der Waals surface area contributed by atoms with Crippen molar-refractivity contribution in [2.75, 3.05) is 23.9 Å². The van der Waals surface area contributed by atoms with E-state index in [9.17, 15) is 9.59 Å². The molecule has 0 fully saturated rings. The van der Waals surface area contributed by atoms with Crippen LogP contribution in [0.3, 0.4) is 0 Å². The number of nitrogens with zero attached hydrogens (tertiary/aromatic N) is 1. The minimum absolute atomic E-state index is 0.129. The molecule has 5 nitrogen and oxygen atoms in total. The lowest BCUT2D eigenvalue weighted by atomic mass is 10.2. The third-order valence-corrected chi connectivity index (χ3v) is 4.07. The molecule has 2 amide bonds. The Morgan fingerprint density at radius 2 is 1.84 bits per heavy atom. The molecule has 0 aliphatic carbocycles. The molecule has 0 atom stereocenters. The van der Waals surface area contributed by atoms with Gasteiger partial charge in [0.1, 0.15) is 11.5 Å². The molecule has 0 bridgehead atoms. The van der Waals surface area contributed by atoms with E-state index in [1.54, 1.807) is 43.9 Å². The van der Waals surface area contributed by atoms with E-state index < -0.39 is 11.7 Å². The quantitative estimate of drug-likeness (QED) is 0.516. The third-order valence-electron chi connectivity index (χ3n) is 3.11. The van der Waals surface area contributed by atoms with Crippen LogP contribution in [-0.2, 0) is 9.53 Å². The lowest BCUT2D eigenvalue weighted by Gasteiger charge is -2.23. The second-order valence-corrected chi connectivity index (χ2v) is 7.49. The number of hydrogen-bond acceptors (Lipinski definition) is 3. The Balaban J connectivity index is 2.51. The number of amides is 2. The van der Waals surface area contributed by atoms with Crippen molar-refractivity contribution in [1.82, 2.24) is 5.32 Å². The van der Waals surface area contributed by atoms with Crippen molar-refractivity contribution in [3.8, 4) is 0 Å². The molecule has 25 heavy (non-hydrogen) atoms. The molecule has 0 aliphatic rings. The summed E-state index contributed by atoms with van der Waals surface area (Å²) in [6.07, 6.45) is 0.913. The van der Waals surface area contributed by atoms with Gasteiger partial charge in [-0.3, -0.25) is 4.79 Å². The van der Waals surface area contributed by atoms with Gasteiger partial charge < -0.3 is 15.0 Å². The normalized spacial score (nSPS) is 11.1. The molecule has 8 heteroatoms. The van der Waals surface area contributed by atoms with E-state index in [1.807, 2.05) is 0 Å². The molecular formula is C17H23Cl3N2O3. The van der Waals surface area contributed by atoms with Gasteiger partial charge >= 0.3 is 6.09 Å². The van der Waals surface area contributed by atoms with Crippen LogP contribution in [-0.4, -0.2) is 36.6 Å². The number of anilines is 1. The number of unbranched alkanes of at least 4 members (excludes halogenated alkanes) is 1. The molecule has 0 aliphatic heterocycles. The highest BCUT2D eigenvalue weighted by Gasteiger charge is 2.17. The minimum atomic E-state index is -0.526. The number of hydrogen-bond donors (Lipinski definition) is 1. The molecule has 0 spiro atoms. The standard InChI is InChI=1S/C17H23Cl3N2O3/c1-17(2,3)25-16(24)21-8-4-5-9-22(15(23)11-18)12-6-7-13(19)14(20)10-12/h6-7,10H,4-5,8-9,11H2,1-3H3,(H,21,24). The zero-order chi connectivity index (χ0) is 19.0. The van der Waals surface area contributed by atoms with Crippen molar-refractivity contribution < 1.29 is 14.3 Å². The predicted octanol–water partition coefficient (Wildman–Crippen LogP) is 4.87. The molecule has 0 radical (unpaired) electrons. The van der Waals surface area contributed by atoms with Gasteiger partial charge in [-0.1, -0.05) is 23.2 Å². The van der Waals surface area contributed by atoms with Crippen molar-refractivity contribution in [3.05, 3.63) is 28.2 Å². The molecular weight excluding hydrogens is 387 g/mol. The van der Waals surface area contributed by atoms with Gasteiger partial charge in [-0.2, -0.15) is 0 Å². The minimum Gasteiger partial charge on any atom is -0.444 e. The van der Waals surface area contributed by atoms with Gasteiger partial charge in [-0.05, 0) is 51.8 Å². The summed E-state index contributed by atoms with van der Waals surface area (Å²) in [6, 6.07) is 4.99. The fraction of sp³-hybridized carbons (Fsp3) is 0.529. The second-order valence-electron chi connectivity index (χ2n) is 6.41. The number of carbonyl (C=O) groups is 2. The van der Waals surface area contributed by atoms with Crippen molar-refractivity contribution in [1.29, 1.82) is 0 Å². The average molecular weight is 410 g/mol. The summed E-state index contributed by atoms with van der Waals surface area (Å²) in [6.45, 7) is 6.33. The van der Waals surface area contributed by atoms with Crippen LogP contribution in [0.2, 0.25) is 10.0 Å². The van der Waals surface area contributed by atoms with E-state index in [1.165, 1.54) is 0 Å². The van der Waals surface area contributed by atoms with Gasteiger partial charge in [0.2, 0.25) is 5.91 Å². The number of rotatable bonds is 7. The maximum absolute atomic E-state index is 12.1. The summed E-state index contributed by atoms with van der Waals surface area (Å²) in [4.78, 5) is 25.2. The summed E-state index contributed by atoms with van der Waals surface area (Å²) >= 11 is 17.6. The summed E-state index contributed by atoms with van der Waals surface area (Å²) in [5.74, 6) is -0.351. The Bertz CT molecular complexity index is 603. The Kier molecular flexibility index (Phi) is 8.83. The SMILES string of the molecule is CC(C)(C)OC(=O)NCCCCN(C(=O)CCl)c1ccc(Cl)c(Cl)c1. The van der Waals surface area contributed by atoms with E-state index >= 15 is 0 Å². The highest BCUT2D eigenvalue weighted by molar-refractivity contribution is 6.42. The monoisotopic (exact) mass is 408 g/mol. The van der Waals surface area contributed by atoms with Crippen LogP contribution in [0.25, 0.3) is 0 Å². The maximum atomic E-state index is 12.1. The number of alkyl halides is 1. The Hall–Kier alpha value is -1.17. The number of halogens is 3. The van der Waals surface area contributed by atoms with Gasteiger partial charge in [-0.25, -0.2) is 4.79 Å². The number of ether oxygens (including phenoxy) is 1. The Labute approximate surface area is 163 Å². The first-order valence-electron chi connectivity index (χ1n) is 7.92. The molecule has 0 saturated heterocycles. The van der Waals surface area contributed by atoms with E-state index in [4.69, 9.17) is 39.5 Å².